The average molecular weight is 428 g/mol. The highest BCUT2D eigenvalue weighted by atomic mass is 19.1. The van der Waals surface area contributed by atoms with Gasteiger partial charge in [0, 0.05) is 14.1 Å². The van der Waals surface area contributed by atoms with E-state index >= 15 is 0 Å². The molecule has 2 aromatic carbocycles. The highest BCUT2D eigenvalue weighted by molar-refractivity contribution is 6.20. The molecule has 31 heavy (non-hydrogen) atoms. The molecule has 2 aromatic rings. The van der Waals surface area contributed by atoms with Gasteiger partial charge in [0.2, 0.25) is 0 Å². The molecule has 2 aliphatic heterocycles. The minimum atomic E-state index is -2.03. The Balaban J connectivity index is 1.99. The van der Waals surface area contributed by atoms with Crippen LogP contribution in [0.25, 0.3) is 0 Å². The second kappa shape index (κ2) is 7.15. The highest BCUT2D eigenvalue weighted by Gasteiger charge is 2.67. The summed E-state index contributed by atoms with van der Waals surface area (Å²) in [5.41, 5.74) is -1.44. The summed E-state index contributed by atoms with van der Waals surface area (Å²) in [4.78, 5) is 53.7. The number of rotatable bonds is 2. The van der Waals surface area contributed by atoms with Gasteiger partial charge in [-0.1, -0.05) is 24.3 Å². The number of urea groups is 2. The molecule has 2 saturated heterocycles. The molecule has 2 fully saturated rings. The van der Waals surface area contributed by atoms with E-state index in [9.17, 15) is 28.0 Å². The molecule has 0 radical (unpaired) electrons. The molecule has 2 heterocycles. The number of nitrogens with zero attached hydrogens (tertiary/aromatic N) is 2. The predicted molar refractivity (Wildman–Crippen MR) is 103 cm³/mol. The van der Waals surface area contributed by atoms with Crippen molar-refractivity contribution in [3.05, 3.63) is 71.3 Å². The van der Waals surface area contributed by atoms with Crippen LogP contribution in [0, 0.1) is 17.0 Å². The van der Waals surface area contributed by atoms with Crippen LogP contribution in [0.15, 0.2) is 48.5 Å². The van der Waals surface area contributed by atoms with Crippen LogP contribution in [-0.2, 0) is 9.59 Å². The molecule has 2 atom stereocenters. The Morgan fingerprint density at radius 3 is 1.42 bits per heavy atom. The third kappa shape index (κ3) is 2.94. The van der Waals surface area contributed by atoms with Gasteiger partial charge in [-0.15, -0.1) is 0 Å². The van der Waals surface area contributed by atoms with Gasteiger partial charge in [-0.2, -0.15) is 0 Å². The van der Waals surface area contributed by atoms with E-state index in [-0.39, 0.29) is 0 Å². The molecule has 2 aliphatic rings. The minimum absolute atomic E-state index is 0.293. The van der Waals surface area contributed by atoms with Gasteiger partial charge in [0.05, 0.1) is 12.1 Å². The van der Waals surface area contributed by atoms with E-state index in [0.29, 0.717) is 11.1 Å². The lowest BCUT2D eigenvalue weighted by molar-refractivity contribution is -0.163. The molecule has 160 valence electrons. The first-order chi connectivity index (χ1) is 14.7. The van der Waals surface area contributed by atoms with Gasteiger partial charge in [-0.3, -0.25) is 19.4 Å². The second-order valence-corrected chi connectivity index (χ2v) is 7.47. The van der Waals surface area contributed by atoms with Crippen molar-refractivity contribution in [2.75, 3.05) is 14.1 Å². The number of carbonyl (C=O) groups excluding carboxylic acids is 4. The van der Waals surface area contributed by atoms with Crippen LogP contribution >= 0.6 is 0 Å². The first-order valence-corrected chi connectivity index (χ1v) is 9.36. The Morgan fingerprint density at radius 2 is 1.06 bits per heavy atom. The first kappa shape index (κ1) is 20.5. The van der Waals surface area contributed by atoms with E-state index in [0.717, 1.165) is 34.1 Å². The van der Waals surface area contributed by atoms with E-state index in [4.69, 9.17) is 0 Å². The topological polar surface area (TPSA) is 98.8 Å². The van der Waals surface area contributed by atoms with E-state index in [1.165, 1.54) is 38.4 Å². The van der Waals surface area contributed by atoms with Crippen molar-refractivity contribution in [1.82, 2.24) is 20.4 Å². The summed E-state index contributed by atoms with van der Waals surface area (Å²) in [5, 5.41) is 5.18. The molecule has 8 nitrogen and oxygen atoms in total. The van der Waals surface area contributed by atoms with Gasteiger partial charge < -0.3 is 10.6 Å². The zero-order chi connectivity index (χ0) is 22.5. The van der Waals surface area contributed by atoms with E-state index in [1.54, 1.807) is 0 Å². The molecule has 1 spiro atoms. The summed E-state index contributed by atoms with van der Waals surface area (Å²) in [6.45, 7) is 0. The van der Waals surface area contributed by atoms with Crippen LogP contribution < -0.4 is 10.6 Å². The molecule has 0 bridgehead atoms. The Bertz CT molecular complexity index is 1000. The van der Waals surface area contributed by atoms with Gasteiger partial charge in [-0.25, -0.2) is 18.4 Å². The van der Waals surface area contributed by atoms with Crippen LogP contribution in [0.1, 0.15) is 23.2 Å². The Labute approximate surface area is 175 Å². The van der Waals surface area contributed by atoms with Gasteiger partial charge in [0.25, 0.3) is 11.8 Å². The van der Waals surface area contributed by atoms with Crippen molar-refractivity contribution >= 4 is 23.9 Å². The normalized spacial score (nSPS) is 23.1. The maximum absolute atomic E-state index is 13.6. The summed E-state index contributed by atoms with van der Waals surface area (Å²) in [5.74, 6) is -2.79. The van der Waals surface area contributed by atoms with Crippen LogP contribution in [-0.4, -0.2) is 47.8 Å². The van der Waals surface area contributed by atoms with Gasteiger partial charge in [-0.05, 0) is 35.4 Å². The molecule has 6 amide bonds. The van der Waals surface area contributed by atoms with Crippen LogP contribution in [0.2, 0.25) is 0 Å². The first-order valence-electron chi connectivity index (χ1n) is 9.36. The standard InChI is InChI=1S/C21H18F2N4O4/c1-26-17(28)21(18(29)27(2)20(26)31)15(11-3-7-13(22)8-4-11)24-19(30)25-16(21)12-5-9-14(23)10-6-12/h3-10,15-16H,1-2H3,(H2,24,25,30). The minimum Gasteiger partial charge on any atom is -0.330 e. The van der Waals surface area contributed by atoms with Crippen LogP contribution in [0.4, 0.5) is 18.4 Å². The van der Waals surface area contributed by atoms with E-state index < -0.39 is 53.0 Å². The number of barbiturate groups is 1. The molecule has 4 rings (SSSR count). The third-order valence-corrected chi connectivity index (χ3v) is 5.76. The van der Waals surface area contributed by atoms with Crippen molar-refractivity contribution < 1.29 is 28.0 Å². The molecule has 10 heteroatoms. The number of carbonyl (C=O) groups is 4. The van der Waals surface area contributed by atoms with Gasteiger partial charge in [0.1, 0.15) is 11.6 Å². The molecule has 0 aromatic heterocycles. The SMILES string of the molecule is CN1C(=O)N(C)C(=O)C2(C1=O)C(c1ccc(F)cc1)NC(=O)NC2c1ccc(F)cc1. The molecular formula is C21H18F2N4O4. The monoisotopic (exact) mass is 428 g/mol. The summed E-state index contributed by atoms with van der Waals surface area (Å²) >= 11 is 0. The van der Waals surface area contributed by atoms with E-state index in [1.807, 2.05) is 0 Å². The molecule has 2 unspecified atom stereocenters. The number of hydrogen-bond acceptors (Lipinski definition) is 4. The second-order valence-electron chi connectivity index (χ2n) is 7.47. The lowest BCUT2D eigenvalue weighted by atomic mass is 9.65. The molecule has 2 N–H and O–H groups in total. The van der Waals surface area contributed by atoms with Crippen molar-refractivity contribution in [2.45, 2.75) is 12.1 Å². The number of benzene rings is 2. The van der Waals surface area contributed by atoms with E-state index in [2.05, 4.69) is 10.6 Å². The Kier molecular flexibility index (Phi) is 4.72. The van der Waals surface area contributed by atoms with Crippen molar-refractivity contribution in [2.24, 2.45) is 5.41 Å². The number of amides is 6. The van der Waals surface area contributed by atoms with Gasteiger partial charge >= 0.3 is 12.1 Å². The molecule has 0 saturated carbocycles. The predicted octanol–water partition coefficient (Wildman–Crippen LogP) is 2.10. The fraction of sp³-hybridized carbons (Fsp3) is 0.238. The van der Waals surface area contributed by atoms with Crippen molar-refractivity contribution in [1.29, 1.82) is 0 Å². The molecule has 0 aliphatic carbocycles. The van der Waals surface area contributed by atoms with Crippen molar-refractivity contribution in [3.8, 4) is 0 Å². The largest absolute Gasteiger partial charge is 0.332 e. The Hall–Kier alpha value is -3.82. The fourth-order valence-electron chi connectivity index (χ4n) is 4.24. The molecular weight excluding hydrogens is 410 g/mol. The maximum Gasteiger partial charge on any atom is 0.332 e. The number of imide groups is 2. The number of halogens is 2. The third-order valence-electron chi connectivity index (χ3n) is 5.76. The summed E-state index contributed by atoms with van der Waals surface area (Å²) in [6, 6.07) is 6.01. The maximum atomic E-state index is 13.6. The smallest absolute Gasteiger partial charge is 0.330 e. The highest BCUT2D eigenvalue weighted by Crippen LogP contribution is 2.50. The number of nitrogens with one attached hydrogen (secondary N) is 2. The average Bonchev–Trinajstić information content (AvgIpc) is 2.76. The zero-order valence-corrected chi connectivity index (χ0v) is 16.6. The number of hydrogen-bond donors (Lipinski definition) is 2. The fourth-order valence-corrected chi connectivity index (χ4v) is 4.24. The summed E-state index contributed by atoms with van der Waals surface area (Å²) in [6.07, 6.45) is 0. The quantitative estimate of drug-likeness (QED) is 0.716. The lowest BCUT2D eigenvalue weighted by Crippen LogP contribution is -2.73. The summed E-state index contributed by atoms with van der Waals surface area (Å²) in [7, 11) is 2.46. The van der Waals surface area contributed by atoms with Crippen LogP contribution in [0.5, 0.6) is 0 Å². The van der Waals surface area contributed by atoms with Crippen LogP contribution in [0.3, 0.4) is 0 Å². The van der Waals surface area contributed by atoms with Gasteiger partial charge in [0.15, 0.2) is 5.41 Å². The zero-order valence-electron chi connectivity index (χ0n) is 16.6. The Morgan fingerprint density at radius 1 is 0.710 bits per heavy atom. The lowest BCUT2D eigenvalue weighted by Gasteiger charge is -2.52. The van der Waals surface area contributed by atoms with Crippen molar-refractivity contribution in [3.63, 3.8) is 0 Å². The summed E-state index contributed by atoms with van der Waals surface area (Å²) < 4.78 is 27.1.